The molecule has 0 fully saturated rings. The molecule has 0 unspecified atom stereocenters. The maximum atomic E-state index is 5.38. The number of nitrogens with one attached hydrogen (secondary N) is 1. The van der Waals surface area contributed by atoms with Crippen molar-refractivity contribution in [3.63, 3.8) is 0 Å². The van der Waals surface area contributed by atoms with E-state index in [-0.39, 0.29) is 0 Å². The average molecular weight is 336 g/mol. The molecule has 0 aliphatic carbocycles. The predicted molar refractivity (Wildman–Crippen MR) is 97.9 cm³/mol. The molecule has 0 saturated heterocycles. The Balaban J connectivity index is 1.75. The van der Waals surface area contributed by atoms with E-state index in [2.05, 4.69) is 22.5 Å². The fourth-order valence-electron chi connectivity index (χ4n) is 2.78. The van der Waals surface area contributed by atoms with Crippen LogP contribution in [0.1, 0.15) is 0 Å². The van der Waals surface area contributed by atoms with E-state index < -0.39 is 0 Å². The van der Waals surface area contributed by atoms with Gasteiger partial charge in [-0.15, -0.1) is 11.3 Å². The van der Waals surface area contributed by atoms with E-state index in [4.69, 9.17) is 14.5 Å². The minimum Gasteiger partial charge on any atom is -0.493 e. The van der Waals surface area contributed by atoms with Gasteiger partial charge in [0.15, 0.2) is 11.5 Å². The van der Waals surface area contributed by atoms with E-state index in [9.17, 15) is 0 Å². The third-order valence-electron chi connectivity index (χ3n) is 4.00. The van der Waals surface area contributed by atoms with Crippen molar-refractivity contribution in [2.45, 2.75) is 0 Å². The molecule has 0 aliphatic rings. The SMILES string of the molecule is COc1ccc(-c2nc(-c3c[nH]c4ccccc34)cs2)cc1OC. The molecule has 5 heteroatoms. The summed E-state index contributed by atoms with van der Waals surface area (Å²) in [5.74, 6) is 1.42. The van der Waals surface area contributed by atoms with Gasteiger partial charge in [-0.3, -0.25) is 0 Å². The molecule has 0 bridgehead atoms. The highest BCUT2D eigenvalue weighted by Crippen LogP contribution is 2.36. The molecule has 0 saturated carbocycles. The van der Waals surface area contributed by atoms with E-state index in [1.807, 2.05) is 36.5 Å². The fraction of sp³-hybridized carbons (Fsp3) is 0.105. The first-order valence-electron chi connectivity index (χ1n) is 7.54. The molecule has 0 amide bonds. The molecule has 4 aromatic rings. The molecule has 2 heterocycles. The number of benzene rings is 2. The highest BCUT2D eigenvalue weighted by molar-refractivity contribution is 7.13. The number of aromatic nitrogens is 2. The van der Waals surface area contributed by atoms with Crippen LogP contribution < -0.4 is 9.47 Å². The lowest BCUT2D eigenvalue weighted by Crippen LogP contribution is -1.90. The number of thiazole rings is 1. The van der Waals surface area contributed by atoms with Crippen molar-refractivity contribution in [3.05, 3.63) is 54.0 Å². The Labute approximate surface area is 143 Å². The topological polar surface area (TPSA) is 47.1 Å². The second kappa shape index (κ2) is 6.02. The number of para-hydroxylation sites is 1. The van der Waals surface area contributed by atoms with Gasteiger partial charge in [0.2, 0.25) is 0 Å². The zero-order valence-electron chi connectivity index (χ0n) is 13.4. The lowest BCUT2D eigenvalue weighted by molar-refractivity contribution is 0.355. The van der Waals surface area contributed by atoms with Crippen molar-refractivity contribution in [3.8, 4) is 33.3 Å². The van der Waals surface area contributed by atoms with E-state index >= 15 is 0 Å². The van der Waals surface area contributed by atoms with Crippen LogP contribution in [0.15, 0.2) is 54.0 Å². The molecule has 0 atom stereocenters. The zero-order chi connectivity index (χ0) is 16.5. The third kappa shape index (κ3) is 2.43. The summed E-state index contributed by atoms with van der Waals surface area (Å²) >= 11 is 1.62. The lowest BCUT2D eigenvalue weighted by atomic mass is 10.1. The van der Waals surface area contributed by atoms with Crippen LogP contribution in [0, 0.1) is 0 Å². The molecule has 4 rings (SSSR count). The number of H-pyrrole nitrogens is 1. The maximum absolute atomic E-state index is 5.38. The quantitative estimate of drug-likeness (QED) is 0.572. The Bertz CT molecular complexity index is 1000. The first-order valence-corrected chi connectivity index (χ1v) is 8.42. The summed E-state index contributed by atoms with van der Waals surface area (Å²) in [4.78, 5) is 8.10. The van der Waals surface area contributed by atoms with E-state index in [0.717, 1.165) is 33.1 Å². The normalized spacial score (nSPS) is 10.9. The van der Waals surface area contributed by atoms with Crippen LogP contribution in [0.3, 0.4) is 0 Å². The Morgan fingerprint density at radius 3 is 2.67 bits per heavy atom. The highest BCUT2D eigenvalue weighted by atomic mass is 32.1. The summed E-state index contributed by atoms with van der Waals surface area (Å²) in [5.41, 5.74) is 4.23. The summed E-state index contributed by atoms with van der Waals surface area (Å²) in [6.07, 6.45) is 2.01. The predicted octanol–water partition coefficient (Wildman–Crippen LogP) is 4.98. The molecular formula is C19H16N2O2S. The van der Waals surface area contributed by atoms with Crippen LogP contribution in [0.25, 0.3) is 32.7 Å². The number of aromatic amines is 1. The Morgan fingerprint density at radius 2 is 1.83 bits per heavy atom. The van der Waals surface area contributed by atoms with Crippen molar-refractivity contribution < 1.29 is 9.47 Å². The van der Waals surface area contributed by atoms with Gasteiger partial charge < -0.3 is 14.5 Å². The number of nitrogens with zero attached hydrogens (tertiary/aromatic N) is 1. The molecule has 4 nitrogen and oxygen atoms in total. The Kier molecular flexibility index (Phi) is 3.70. The zero-order valence-corrected chi connectivity index (χ0v) is 14.2. The summed E-state index contributed by atoms with van der Waals surface area (Å²) in [6, 6.07) is 14.1. The van der Waals surface area contributed by atoms with E-state index in [1.54, 1.807) is 25.6 Å². The smallest absolute Gasteiger partial charge is 0.161 e. The summed E-state index contributed by atoms with van der Waals surface area (Å²) < 4.78 is 10.7. The van der Waals surface area contributed by atoms with Gasteiger partial charge in [-0.2, -0.15) is 0 Å². The molecular weight excluding hydrogens is 320 g/mol. The molecule has 24 heavy (non-hydrogen) atoms. The second-order valence-corrected chi connectivity index (χ2v) is 6.21. The van der Waals surface area contributed by atoms with Gasteiger partial charge in [-0.25, -0.2) is 4.98 Å². The van der Waals surface area contributed by atoms with Crippen molar-refractivity contribution >= 4 is 22.2 Å². The second-order valence-electron chi connectivity index (χ2n) is 5.36. The number of hydrogen-bond donors (Lipinski definition) is 1. The number of methoxy groups -OCH3 is 2. The van der Waals surface area contributed by atoms with E-state index in [0.29, 0.717) is 5.75 Å². The fourth-order valence-corrected chi connectivity index (χ4v) is 3.60. The number of fused-ring (bicyclic) bond motifs is 1. The monoisotopic (exact) mass is 336 g/mol. The first-order chi connectivity index (χ1) is 11.8. The van der Waals surface area contributed by atoms with Crippen LogP contribution in [0.5, 0.6) is 11.5 Å². The van der Waals surface area contributed by atoms with Crippen molar-refractivity contribution in [1.82, 2.24) is 9.97 Å². The van der Waals surface area contributed by atoms with Gasteiger partial charge in [-0.1, -0.05) is 18.2 Å². The van der Waals surface area contributed by atoms with Gasteiger partial charge in [0.25, 0.3) is 0 Å². The molecule has 0 spiro atoms. The number of ether oxygens (including phenoxy) is 2. The summed E-state index contributed by atoms with van der Waals surface area (Å²) in [5, 5.41) is 4.22. The molecule has 0 aliphatic heterocycles. The van der Waals surface area contributed by atoms with Gasteiger partial charge in [-0.05, 0) is 24.3 Å². The Morgan fingerprint density at radius 1 is 1.00 bits per heavy atom. The van der Waals surface area contributed by atoms with Gasteiger partial charge in [0.05, 0.1) is 19.9 Å². The van der Waals surface area contributed by atoms with Crippen LogP contribution in [-0.4, -0.2) is 24.2 Å². The summed E-state index contributed by atoms with van der Waals surface area (Å²) in [6.45, 7) is 0. The van der Waals surface area contributed by atoms with Crippen molar-refractivity contribution in [1.29, 1.82) is 0 Å². The molecule has 120 valence electrons. The highest BCUT2D eigenvalue weighted by Gasteiger charge is 2.12. The maximum Gasteiger partial charge on any atom is 0.161 e. The standard InChI is InChI=1S/C19H16N2O2S/c1-22-17-8-7-12(9-18(17)23-2)19-21-16(11-24-19)14-10-20-15-6-4-3-5-13(14)15/h3-11,20H,1-2H3. The summed E-state index contributed by atoms with van der Waals surface area (Å²) in [7, 11) is 3.27. The van der Waals surface area contributed by atoms with Crippen LogP contribution in [0.4, 0.5) is 0 Å². The third-order valence-corrected chi connectivity index (χ3v) is 4.89. The Hall–Kier alpha value is -2.79. The molecule has 1 N–H and O–H groups in total. The van der Waals surface area contributed by atoms with Crippen LogP contribution in [-0.2, 0) is 0 Å². The number of hydrogen-bond acceptors (Lipinski definition) is 4. The van der Waals surface area contributed by atoms with Crippen LogP contribution >= 0.6 is 11.3 Å². The average Bonchev–Trinajstić information content (AvgIpc) is 3.27. The van der Waals surface area contributed by atoms with Gasteiger partial charge in [0.1, 0.15) is 5.01 Å². The minimum absolute atomic E-state index is 0.707. The van der Waals surface area contributed by atoms with E-state index in [1.165, 1.54) is 5.39 Å². The molecule has 0 radical (unpaired) electrons. The van der Waals surface area contributed by atoms with Crippen molar-refractivity contribution in [2.24, 2.45) is 0 Å². The number of rotatable bonds is 4. The largest absolute Gasteiger partial charge is 0.493 e. The van der Waals surface area contributed by atoms with Crippen molar-refractivity contribution in [2.75, 3.05) is 14.2 Å². The van der Waals surface area contributed by atoms with Crippen LogP contribution in [0.2, 0.25) is 0 Å². The minimum atomic E-state index is 0.707. The van der Waals surface area contributed by atoms with Gasteiger partial charge in [0, 0.05) is 33.6 Å². The van der Waals surface area contributed by atoms with Gasteiger partial charge >= 0.3 is 0 Å². The first kappa shape index (κ1) is 14.8. The molecule has 2 aromatic heterocycles. The lowest BCUT2D eigenvalue weighted by Gasteiger charge is -2.08. The molecule has 2 aromatic carbocycles.